The number of aliphatic imine (C=N–C) groups is 1. The van der Waals surface area contributed by atoms with Gasteiger partial charge in [0.15, 0.2) is 5.96 Å². The fraction of sp³-hybridized carbons (Fsp3) is 0.619. The molecular weight excluding hydrogens is 356 g/mol. The Bertz CT molecular complexity index is 601. The summed E-state index contributed by atoms with van der Waals surface area (Å²) >= 11 is 0. The highest BCUT2D eigenvalue weighted by Gasteiger charge is 2.16. The lowest BCUT2D eigenvalue weighted by Crippen LogP contribution is -2.43. The molecule has 1 fully saturated rings. The molecule has 0 bridgehead atoms. The number of guanidine groups is 1. The van der Waals surface area contributed by atoms with Crippen LogP contribution >= 0.6 is 0 Å². The van der Waals surface area contributed by atoms with E-state index in [0.717, 1.165) is 32.7 Å². The predicted molar refractivity (Wildman–Crippen MR) is 111 cm³/mol. The van der Waals surface area contributed by atoms with Crippen molar-refractivity contribution in [3.05, 3.63) is 35.9 Å². The average Bonchev–Trinajstić information content (AvgIpc) is 3.21. The Kier molecular flexibility index (Phi) is 9.79. The molecule has 1 aromatic rings. The van der Waals surface area contributed by atoms with Gasteiger partial charge in [0.2, 0.25) is 5.91 Å². The Morgan fingerprint density at radius 2 is 2.11 bits per heavy atom. The van der Waals surface area contributed by atoms with Crippen LogP contribution in [-0.2, 0) is 20.9 Å². The van der Waals surface area contributed by atoms with Gasteiger partial charge in [-0.15, -0.1) is 0 Å². The molecule has 28 heavy (non-hydrogen) atoms. The van der Waals surface area contributed by atoms with Gasteiger partial charge in [0, 0.05) is 39.7 Å². The molecule has 0 spiro atoms. The first-order chi connectivity index (χ1) is 13.5. The van der Waals surface area contributed by atoms with E-state index in [4.69, 9.17) is 9.47 Å². The monoisotopic (exact) mass is 390 g/mol. The van der Waals surface area contributed by atoms with E-state index in [1.54, 1.807) is 19.0 Å². The maximum atomic E-state index is 11.8. The van der Waals surface area contributed by atoms with Crippen molar-refractivity contribution in [1.82, 2.24) is 15.5 Å². The van der Waals surface area contributed by atoms with E-state index in [2.05, 4.69) is 34.7 Å². The van der Waals surface area contributed by atoms with Crippen molar-refractivity contribution in [2.45, 2.75) is 20.0 Å². The molecular formula is C21H34N4O3. The third-order valence-corrected chi connectivity index (χ3v) is 4.59. The van der Waals surface area contributed by atoms with Crippen LogP contribution < -0.4 is 10.6 Å². The first-order valence-electron chi connectivity index (χ1n) is 9.96. The van der Waals surface area contributed by atoms with E-state index >= 15 is 0 Å². The summed E-state index contributed by atoms with van der Waals surface area (Å²) in [4.78, 5) is 17.8. The van der Waals surface area contributed by atoms with Crippen LogP contribution in [0.3, 0.4) is 0 Å². The number of rotatable bonds is 10. The number of hydrogen-bond donors (Lipinski definition) is 2. The first kappa shape index (κ1) is 22.2. The topological polar surface area (TPSA) is 75.2 Å². The number of likely N-dealkylation sites (N-methyl/N-ethyl adjacent to an activating group) is 1. The van der Waals surface area contributed by atoms with Gasteiger partial charge in [-0.05, 0) is 17.9 Å². The van der Waals surface area contributed by atoms with E-state index in [9.17, 15) is 4.79 Å². The van der Waals surface area contributed by atoms with Crippen LogP contribution in [0.15, 0.2) is 35.3 Å². The van der Waals surface area contributed by atoms with Gasteiger partial charge in [0.1, 0.15) is 6.54 Å². The molecule has 7 heteroatoms. The maximum absolute atomic E-state index is 11.8. The Labute approximate surface area is 168 Å². The van der Waals surface area contributed by atoms with Gasteiger partial charge in [-0.2, -0.15) is 0 Å². The molecule has 156 valence electrons. The predicted octanol–water partition coefficient (Wildman–Crippen LogP) is 1.50. The van der Waals surface area contributed by atoms with E-state index in [1.165, 1.54) is 5.56 Å². The van der Waals surface area contributed by atoms with Gasteiger partial charge in [-0.25, -0.2) is 4.99 Å². The van der Waals surface area contributed by atoms with Crippen LogP contribution in [-0.4, -0.2) is 70.3 Å². The molecule has 0 aliphatic carbocycles. The molecule has 7 nitrogen and oxygen atoms in total. The molecule has 1 amide bonds. The smallest absolute Gasteiger partial charge is 0.243 e. The van der Waals surface area contributed by atoms with Gasteiger partial charge >= 0.3 is 0 Å². The molecule has 1 saturated heterocycles. The van der Waals surface area contributed by atoms with Crippen molar-refractivity contribution >= 4 is 11.9 Å². The summed E-state index contributed by atoms with van der Waals surface area (Å²) < 4.78 is 11.2. The third-order valence-electron chi connectivity index (χ3n) is 4.59. The molecule has 1 heterocycles. The summed E-state index contributed by atoms with van der Waals surface area (Å²) in [6.45, 7) is 6.64. The number of hydrogen-bond acceptors (Lipinski definition) is 4. The molecule has 2 N–H and O–H groups in total. The molecule has 0 saturated carbocycles. The molecule has 1 aliphatic heterocycles. The quantitative estimate of drug-likeness (QED) is 0.468. The number of carbonyl (C=O) groups excluding carboxylic acids is 1. The van der Waals surface area contributed by atoms with Crippen LogP contribution in [0.5, 0.6) is 0 Å². The fourth-order valence-corrected chi connectivity index (χ4v) is 2.73. The third kappa shape index (κ3) is 8.71. The van der Waals surface area contributed by atoms with Gasteiger partial charge in [-0.3, -0.25) is 4.79 Å². The number of nitrogens with one attached hydrogen (secondary N) is 2. The average molecular weight is 391 g/mol. The number of carbonyl (C=O) groups is 1. The highest BCUT2D eigenvalue weighted by molar-refractivity contribution is 5.84. The van der Waals surface area contributed by atoms with Gasteiger partial charge in [-0.1, -0.05) is 37.3 Å². The van der Waals surface area contributed by atoms with Crippen LogP contribution in [0.25, 0.3) is 0 Å². The fourth-order valence-electron chi connectivity index (χ4n) is 2.73. The Morgan fingerprint density at radius 3 is 2.79 bits per heavy atom. The second-order valence-electron chi connectivity index (χ2n) is 7.55. The first-order valence-corrected chi connectivity index (χ1v) is 9.96. The summed E-state index contributed by atoms with van der Waals surface area (Å²) in [5.41, 5.74) is 1.17. The van der Waals surface area contributed by atoms with Crippen LogP contribution in [0.1, 0.15) is 18.9 Å². The zero-order valence-electron chi connectivity index (χ0n) is 17.3. The summed E-state index contributed by atoms with van der Waals surface area (Å²) in [6.07, 6.45) is 1.06. The maximum Gasteiger partial charge on any atom is 0.243 e. The summed E-state index contributed by atoms with van der Waals surface area (Å²) in [5.74, 6) is 1.44. The molecule has 0 aromatic heterocycles. The van der Waals surface area contributed by atoms with Gasteiger partial charge in [0.05, 0.1) is 19.8 Å². The molecule has 0 radical (unpaired) electrons. The number of ether oxygens (including phenoxy) is 2. The minimum Gasteiger partial charge on any atom is -0.381 e. The highest BCUT2D eigenvalue weighted by atomic mass is 16.5. The van der Waals surface area contributed by atoms with Crippen molar-refractivity contribution in [1.29, 1.82) is 0 Å². The Balaban J connectivity index is 1.75. The van der Waals surface area contributed by atoms with Gasteiger partial charge in [0.25, 0.3) is 0 Å². The lowest BCUT2D eigenvalue weighted by molar-refractivity contribution is -0.127. The summed E-state index contributed by atoms with van der Waals surface area (Å²) in [6, 6.07) is 10.2. The number of nitrogens with zero attached hydrogens (tertiary/aromatic N) is 2. The summed E-state index contributed by atoms with van der Waals surface area (Å²) in [7, 11) is 3.47. The zero-order chi connectivity index (χ0) is 20.2. The van der Waals surface area contributed by atoms with Crippen molar-refractivity contribution in [2.75, 3.05) is 53.6 Å². The largest absolute Gasteiger partial charge is 0.381 e. The lowest BCUT2D eigenvalue weighted by atomic mass is 10.1. The van der Waals surface area contributed by atoms with Crippen LogP contribution in [0.4, 0.5) is 0 Å². The molecule has 2 atom stereocenters. The standard InChI is InChI=1S/C21H34N4O3/c1-17(14-28-15-18-7-5-4-6-8-18)11-22-21(24-13-20(26)25(2)3)23-12-19-9-10-27-16-19/h4-8,17,19H,9-16H2,1-3H3,(H2,22,23,24). The molecule has 2 unspecified atom stereocenters. The molecule has 1 aromatic carbocycles. The van der Waals surface area contributed by atoms with Crippen LogP contribution in [0.2, 0.25) is 0 Å². The second-order valence-corrected chi connectivity index (χ2v) is 7.55. The molecule has 1 aliphatic rings. The Morgan fingerprint density at radius 1 is 1.32 bits per heavy atom. The van der Waals surface area contributed by atoms with E-state index < -0.39 is 0 Å². The van der Waals surface area contributed by atoms with Crippen molar-refractivity contribution in [3.63, 3.8) is 0 Å². The minimum absolute atomic E-state index is 0.0236. The van der Waals surface area contributed by atoms with Crippen molar-refractivity contribution < 1.29 is 14.3 Å². The highest BCUT2D eigenvalue weighted by Crippen LogP contribution is 2.10. The van der Waals surface area contributed by atoms with Crippen molar-refractivity contribution in [2.24, 2.45) is 16.8 Å². The number of amides is 1. The zero-order valence-corrected chi connectivity index (χ0v) is 17.3. The second kappa shape index (κ2) is 12.4. The number of benzene rings is 1. The normalized spacial score (nSPS) is 18.0. The van der Waals surface area contributed by atoms with E-state index in [-0.39, 0.29) is 12.5 Å². The van der Waals surface area contributed by atoms with Crippen molar-refractivity contribution in [3.8, 4) is 0 Å². The van der Waals surface area contributed by atoms with Crippen LogP contribution in [0, 0.1) is 11.8 Å². The molecule has 2 rings (SSSR count). The minimum atomic E-state index is -0.0236. The summed E-state index contributed by atoms with van der Waals surface area (Å²) in [5, 5.41) is 6.67. The van der Waals surface area contributed by atoms with E-state index in [1.807, 2.05) is 18.2 Å². The lowest BCUT2D eigenvalue weighted by Gasteiger charge is -2.18. The van der Waals surface area contributed by atoms with E-state index in [0.29, 0.717) is 31.0 Å². The van der Waals surface area contributed by atoms with Gasteiger partial charge < -0.3 is 25.0 Å². The SMILES string of the molecule is CC(CNC(=NCC(=O)N(C)C)NCC1CCOC1)COCc1ccccc1. The Hall–Kier alpha value is -2.12.